The zero-order valence-electron chi connectivity index (χ0n) is 14.5. The number of hydrogen-bond acceptors (Lipinski definition) is 7. The van der Waals surface area contributed by atoms with Crippen molar-refractivity contribution in [2.45, 2.75) is 32.2 Å². The summed E-state index contributed by atoms with van der Waals surface area (Å²) >= 11 is 0. The highest BCUT2D eigenvalue weighted by Crippen LogP contribution is 2.23. The van der Waals surface area contributed by atoms with Crippen molar-refractivity contribution < 1.29 is 0 Å². The van der Waals surface area contributed by atoms with Gasteiger partial charge in [0.05, 0.1) is 17.6 Å². The minimum atomic E-state index is 0.283. The molecule has 3 heterocycles. The summed E-state index contributed by atoms with van der Waals surface area (Å²) in [6.45, 7) is 1.87. The molecule has 0 aromatic carbocycles. The molecule has 0 spiro atoms. The first kappa shape index (κ1) is 16.3. The normalized spacial score (nSPS) is 18.2. The minimum absolute atomic E-state index is 0.283. The highest BCUT2D eigenvalue weighted by atomic mass is 15.2. The number of aromatic nitrogens is 5. The molecule has 0 amide bonds. The molecule has 7 heteroatoms. The zero-order chi connectivity index (χ0) is 17.8. The number of anilines is 1. The molecule has 3 aromatic rings. The summed E-state index contributed by atoms with van der Waals surface area (Å²) in [5.74, 6) is 1.30. The van der Waals surface area contributed by atoms with Gasteiger partial charge in [0.2, 0.25) is 5.95 Å². The zero-order valence-corrected chi connectivity index (χ0v) is 14.5. The Balaban J connectivity index is 1.40. The molecule has 1 aliphatic carbocycles. The number of pyridine rings is 2. The van der Waals surface area contributed by atoms with Gasteiger partial charge in [-0.3, -0.25) is 4.98 Å². The lowest BCUT2D eigenvalue weighted by molar-refractivity contribution is 0.743. The van der Waals surface area contributed by atoms with Crippen molar-refractivity contribution in [1.29, 1.82) is 0 Å². The number of aryl methyl sites for hydroxylation is 1. The summed E-state index contributed by atoms with van der Waals surface area (Å²) in [7, 11) is 0. The quantitative estimate of drug-likeness (QED) is 0.780. The van der Waals surface area contributed by atoms with E-state index in [-0.39, 0.29) is 6.04 Å². The van der Waals surface area contributed by atoms with Crippen LogP contribution in [0.5, 0.6) is 0 Å². The van der Waals surface area contributed by atoms with Crippen LogP contribution in [0.15, 0.2) is 53.9 Å². The molecule has 0 radical (unpaired) electrons. The average Bonchev–Trinajstić information content (AvgIpc) is 3.12. The fourth-order valence-electron chi connectivity index (χ4n) is 2.93. The van der Waals surface area contributed by atoms with Crippen LogP contribution in [0.25, 0.3) is 11.3 Å². The summed E-state index contributed by atoms with van der Waals surface area (Å²) in [6, 6.07) is 10.1. The van der Waals surface area contributed by atoms with E-state index in [4.69, 9.17) is 0 Å². The van der Waals surface area contributed by atoms with Gasteiger partial charge in [-0.2, -0.15) is 5.10 Å². The summed E-state index contributed by atoms with van der Waals surface area (Å²) in [5.41, 5.74) is 3.85. The highest BCUT2D eigenvalue weighted by Gasteiger charge is 2.21. The SMILES string of the molecule is Cc1cnc(N[C@H]2CCC(=Nc3ccc(-c4ccccn4)cn3)C2)nn1. The second-order valence-corrected chi connectivity index (χ2v) is 6.31. The van der Waals surface area contributed by atoms with E-state index >= 15 is 0 Å². The van der Waals surface area contributed by atoms with Gasteiger partial charge >= 0.3 is 0 Å². The van der Waals surface area contributed by atoms with E-state index < -0.39 is 0 Å². The van der Waals surface area contributed by atoms with E-state index in [1.165, 1.54) is 0 Å². The summed E-state index contributed by atoms with van der Waals surface area (Å²) in [4.78, 5) is 17.7. The Hall–Kier alpha value is -3.22. The van der Waals surface area contributed by atoms with Crippen molar-refractivity contribution in [2.24, 2.45) is 4.99 Å². The van der Waals surface area contributed by atoms with E-state index in [2.05, 4.69) is 35.5 Å². The maximum Gasteiger partial charge on any atom is 0.242 e. The lowest BCUT2D eigenvalue weighted by Crippen LogP contribution is -2.18. The Bertz CT molecular complexity index is 889. The van der Waals surface area contributed by atoms with Gasteiger partial charge in [-0.05, 0) is 44.0 Å². The number of nitrogens with one attached hydrogen (secondary N) is 1. The first-order chi connectivity index (χ1) is 12.8. The standard InChI is InChI=1S/C19H19N7/c1-13-11-22-19(26-25-13)24-16-7-6-15(10-16)23-18-8-5-14(12-21-18)17-4-2-3-9-20-17/h2-5,8-9,11-12,16H,6-7,10H2,1H3,(H,22,24,26)/t16-/m0/s1. The van der Waals surface area contributed by atoms with Crippen LogP contribution >= 0.6 is 0 Å². The molecular formula is C19H19N7. The molecular weight excluding hydrogens is 326 g/mol. The van der Waals surface area contributed by atoms with Gasteiger partial charge in [0.25, 0.3) is 0 Å². The monoisotopic (exact) mass is 345 g/mol. The van der Waals surface area contributed by atoms with Crippen molar-refractivity contribution in [3.05, 3.63) is 54.6 Å². The number of rotatable bonds is 4. The van der Waals surface area contributed by atoms with Crippen LogP contribution in [-0.2, 0) is 0 Å². The third-order valence-corrected chi connectivity index (χ3v) is 4.25. The Morgan fingerprint density at radius 2 is 2.00 bits per heavy atom. The molecule has 0 unspecified atom stereocenters. The summed E-state index contributed by atoms with van der Waals surface area (Å²) in [5, 5.41) is 11.4. The maximum atomic E-state index is 4.69. The van der Waals surface area contributed by atoms with Crippen molar-refractivity contribution in [1.82, 2.24) is 25.1 Å². The van der Waals surface area contributed by atoms with Gasteiger partial charge in [-0.15, -0.1) is 5.10 Å². The molecule has 1 atom stereocenters. The molecule has 0 saturated heterocycles. The van der Waals surface area contributed by atoms with Crippen LogP contribution in [0.3, 0.4) is 0 Å². The number of aliphatic imine (C=N–C) groups is 1. The smallest absolute Gasteiger partial charge is 0.242 e. The van der Waals surface area contributed by atoms with Gasteiger partial charge < -0.3 is 5.32 Å². The molecule has 0 aliphatic heterocycles. The molecule has 130 valence electrons. The van der Waals surface area contributed by atoms with Crippen LogP contribution < -0.4 is 5.32 Å². The van der Waals surface area contributed by atoms with Gasteiger partial charge in [-0.1, -0.05) is 6.07 Å². The van der Waals surface area contributed by atoms with Crippen LogP contribution in [0.1, 0.15) is 25.0 Å². The molecule has 1 aliphatic rings. The summed E-state index contributed by atoms with van der Waals surface area (Å²) < 4.78 is 0. The van der Waals surface area contributed by atoms with Crippen LogP contribution in [0.2, 0.25) is 0 Å². The lowest BCUT2D eigenvalue weighted by Gasteiger charge is -2.10. The molecule has 1 saturated carbocycles. The minimum Gasteiger partial charge on any atom is -0.350 e. The van der Waals surface area contributed by atoms with Crippen LogP contribution in [0, 0.1) is 6.92 Å². The van der Waals surface area contributed by atoms with Crippen molar-refractivity contribution in [3.8, 4) is 11.3 Å². The predicted octanol–water partition coefficient (Wildman–Crippen LogP) is 3.37. The van der Waals surface area contributed by atoms with Crippen molar-refractivity contribution in [3.63, 3.8) is 0 Å². The summed E-state index contributed by atoms with van der Waals surface area (Å²) in [6.07, 6.45) is 8.12. The lowest BCUT2D eigenvalue weighted by atomic mass is 10.2. The average molecular weight is 345 g/mol. The molecule has 4 rings (SSSR count). The predicted molar refractivity (Wildman–Crippen MR) is 100 cm³/mol. The molecule has 0 bridgehead atoms. The maximum absolute atomic E-state index is 4.69. The fraction of sp³-hybridized carbons (Fsp3) is 0.263. The van der Waals surface area contributed by atoms with Gasteiger partial charge in [0.1, 0.15) is 0 Å². The Morgan fingerprint density at radius 3 is 2.73 bits per heavy atom. The molecule has 1 N–H and O–H groups in total. The largest absolute Gasteiger partial charge is 0.350 e. The van der Waals surface area contributed by atoms with Gasteiger partial charge in [0.15, 0.2) is 5.82 Å². The van der Waals surface area contributed by atoms with Gasteiger partial charge in [-0.25, -0.2) is 15.0 Å². The van der Waals surface area contributed by atoms with E-state index in [1.54, 1.807) is 12.4 Å². The third kappa shape index (κ3) is 3.88. The fourth-order valence-corrected chi connectivity index (χ4v) is 2.93. The Morgan fingerprint density at radius 1 is 1.04 bits per heavy atom. The Labute approximate surface area is 151 Å². The molecule has 7 nitrogen and oxygen atoms in total. The second kappa shape index (κ2) is 7.35. The first-order valence-corrected chi connectivity index (χ1v) is 8.63. The number of hydrogen-bond donors (Lipinski definition) is 1. The molecule has 3 aromatic heterocycles. The highest BCUT2D eigenvalue weighted by molar-refractivity contribution is 5.89. The molecule has 26 heavy (non-hydrogen) atoms. The van der Waals surface area contributed by atoms with Crippen LogP contribution in [0.4, 0.5) is 11.8 Å². The van der Waals surface area contributed by atoms with E-state index in [0.717, 1.165) is 47.7 Å². The molecule has 1 fully saturated rings. The van der Waals surface area contributed by atoms with E-state index in [1.807, 2.05) is 43.5 Å². The first-order valence-electron chi connectivity index (χ1n) is 8.63. The Kier molecular flexibility index (Phi) is 4.59. The van der Waals surface area contributed by atoms with E-state index in [0.29, 0.717) is 5.95 Å². The van der Waals surface area contributed by atoms with Crippen molar-refractivity contribution in [2.75, 3.05) is 5.32 Å². The number of nitrogens with zero attached hydrogens (tertiary/aromatic N) is 6. The topological polar surface area (TPSA) is 88.8 Å². The van der Waals surface area contributed by atoms with Crippen LogP contribution in [-0.4, -0.2) is 36.9 Å². The third-order valence-electron chi connectivity index (χ3n) is 4.25. The van der Waals surface area contributed by atoms with Crippen molar-refractivity contribution >= 4 is 17.5 Å². The van der Waals surface area contributed by atoms with E-state index in [9.17, 15) is 0 Å². The second-order valence-electron chi connectivity index (χ2n) is 6.31. The van der Waals surface area contributed by atoms with Gasteiger partial charge in [0, 0.05) is 36.1 Å².